The molecule has 0 aliphatic rings. The van der Waals surface area contributed by atoms with Crippen molar-refractivity contribution in [3.63, 3.8) is 0 Å². The van der Waals surface area contributed by atoms with Gasteiger partial charge in [0.1, 0.15) is 6.33 Å². The molecule has 1 aromatic rings. The van der Waals surface area contributed by atoms with E-state index >= 15 is 0 Å². The number of nitrogens with zero attached hydrogens (tertiary/aromatic N) is 2. The normalized spacial score (nSPS) is 10.7. The van der Waals surface area contributed by atoms with E-state index in [-0.39, 0.29) is 0 Å². The minimum absolute atomic E-state index is 0.999. The van der Waals surface area contributed by atoms with Gasteiger partial charge in [-0.2, -0.15) is 0 Å². The first-order valence-electron chi connectivity index (χ1n) is 6.35. The van der Waals surface area contributed by atoms with E-state index in [1.54, 1.807) is 6.33 Å². The van der Waals surface area contributed by atoms with Crippen molar-refractivity contribution in [2.75, 3.05) is 13.1 Å². The molecule has 0 aliphatic heterocycles. The summed E-state index contributed by atoms with van der Waals surface area (Å²) in [4.78, 5) is 8.73. The molecule has 3 nitrogen and oxygen atoms in total. The van der Waals surface area contributed by atoms with Crippen LogP contribution < -0.4 is 5.32 Å². The highest BCUT2D eigenvalue weighted by Gasteiger charge is 2.07. The van der Waals surface area contributed by atoms with Gasteiger partial charge in [0, 0.05) is 11.4 Å². The van der Waals surface area contributed by atoms with Crippen LogP contribution >= 0.6 is 0 Å². The number of hydrogen-bond acceptors (Lipinski definition) is 3. The van der Waals surface area contributed by atoms with Gasteiger partial charge in [-0.3, -0.25) is 0 Å². The van der Waals surface area contributed by atoms with E-state index in [0.717, 1.165) is 32.4 Å². The molecule has 0 unspecified atom stereocenters. The molecule has 0 aliphatic carbocycles. The molecule has 3 heteroatoms. The molecule has 1 aromatic heterocycles. The van der Waals surface area contributed by atoms with E-state index in [2.05, 4.69) is 36.1 Å². The fraction of sp³-hybridized carbons (Fsp3) is 0.692. The fourth-order valence-corrected chi connectivity index (χ4v) is 1.90. The standard InChI is InChI=1S/C13H23N3/c1-4-8-14-9-7-11-12(5-2)15-10-16-13(11)6-3/h10,14H,4-9H2,1-3H3. The van der Waals surface area contributed by atoms with Crippen molar-refractivity contribution in [1.29, 1.82) is 0 Å². The molecule has 1 N–H and O–H groups in total. The van der Waals surface area contributed by atoms with Gasteiger partial charge in [0.25, 0.3) is 0 Å². The van der Waals surface area contributed by atoms with Gasteiger partial charge < -0.3 is 5.32 Å². The van der Waals surface area contributed by atoms with Gasteiger partial charge in [-0.05, 0) is 44.3 Å². The Hall–Kier alpha value is -0.960. The Morgan fingerprint density at radius 3 is 2.12 bits per heavy atom. The summed E-state index contributed by atoms with van der Waals surface area (Å²) in [6.07, 6.45) is 5.93. The number of aromatic nitrogens is 2. The van der Waals surface area contributed by atoms with E-state index < -0.39 is 0 Å². The summed E-state index contributed by atoms with van der Waals surface area (Å²) in [6.45, 7) is 8.63. The van der Waals surface area contributed by atoms with Crippen LogP contribution in [-0.4, -0.2) is 23.1 Å². The maximum atomic E-state index is 4.37. The highest BCUT2D eigenvalue weighted by atomic mass is 14.9. The summed E-state index contributed by atoms with van der Waals surface area (Å²) in [6, 6.07) is 0. The Kier molecular flexibility index (Phi) is 6.01. The van der Waals surface area contributed by atoms with Crippen molar-refractivity contribution in [1.82, 2.24) is 15.3 Å². The minimum atomic E-state index is 0.999. The van der Waals surface area contributed by atoms with Gasteiger partial charge in [0.15, 0.2) is 0 Å². The number of nitrogens with one attached hydrogen (secondary N) is 1. The zero-order chi connectivity index (χ0) is 11.8. The molecule has 0 saturated heterocycles. The van der Waals surface area contributed by atoms with E-state index in [1.807, 2.05) is 0 Å². The molecule has 16 heavy (non-hydrogen) atoms. The van der Waals surface area contributed by atoms with Crippen molar-refractivity contribution < 1.29 is 0 Å². The molecule has 0 amide bonds. The Morgan fingerprint density at radius 1 is 1.00 bits per heavy atom. The Balaban J connectivity index is 2.67. The van der Waals surface area contributed by atoms with E-state index in [1.165, 1.54) is 23.4 Å². The second-order valence-electron chi connectivity index (χ2n) is 3.95. The zero-order valence-electron chi connectivity index (χ0n) is 10.7. The third-order valence-electron chi connectivity index (χ3n) is 2.77. The molecule has 0 bridgehead atoms. The number of aryl methyl sites for hydroxylation is 2. The summed E-state index contributed by atoms with van der Waals surface area (Å²) in [5, 5.41) is 3.43. The quantitative estimate of drug-likeness (QED) is 0.717. The molecule has 0 saturated carbocycles. The first-order chi connectivity index (χ1) is 7.83. The second kappa shape index (κ2) is 7.34. The van der Waals surface area contributed by atoms with Gasteiger partial charge in [-0.25, -0.2) is 9.97 Å². The SMILES string of the molecule is CCCNCCc1c(CC)ncnc1CC. The molecule has 0 fully saturated rings. The summed E-state index contributed by atoms with van der Waals surface area (Å²) < 4.78 is 0. The smallest absolute Gasteiger partial charge is 0.115 e. The van der Waals surface area contributed by atoms with Crippen LogP contribution in [0, 0.1) is 0 Å². The molecule has 1 heterocycles. The number of hydrogen-bond donors (Lipinski definition) is 1. The van der Waals surface area contributed by atoms with Crippen molar-refractivity contribution in [3.05, 3.63) is 23.3 Å². The van der Waals surface area contributed by atoms with Crippen molar-refractivity contribution in [2.24, 2.45) is 0 Å². The monoisotopic (exact) mass is 221 g/mol. The van der Waals surface area contributed by atoms with E-state index in [4.69, 9.17) is 0 Å². The van der Waals surface area contributed by atoms with Crippen LogP contribution in [0.1, 0.15) is 44.1 Å². The lowest BCUT2D eigenvalue weighted by atomic mass is 10.0. The molecule has 90 valence electrons. The van der Waals surface area contributed by atoms with Gasteiger partial charge in [0.05, 0.1) is 0 Å². The summed E-state index contributed by atoms with van der Waals surface area (Å²) in [5.74, 6) is 0. The lowest BCUT2D eigenvalue weighted by Gasteiger charge is -2.11. The molecule has 0 radical (unpaired) electrons. The van der Waals surface area contributed by atoms with Gasteiger partial charge >= 0.3 is 0 Å². The third-order valence-corrected chi connectivity index (χ3v) is 2.77. The van der Waals surface area contributed by atoms with Crippen molar-refractivity contribution in [3.8, 4) is 0 Å². The zero-order valence-corrected chi connectivity index (χ0v) is 10.7. The molecule has 1 rings (SSSR count). The Labute approximate surface area is 98.7 Å². The van der Waals surface area contributed by atoms with Crippen LogP contribution in [0.25, 0.3) is 0 Å². The van der Waals surface area contributed by atoms with Crippen LogP contribution in [0.5, 0.6) is 0 Å². The third kappa shape index (κ3) is 3.56. The lowest BCUT2D eigenvalue weighted by molar-refractivity contribution is 0.662. The highest BCUT2D eigenvalue weighted by molar-refractivity contribution is 5.25. The van der Waals surface area contributed by atoms with Gasteiger partial charge in [-0.15, -0.1) is 0 Å². The fourth-order valence-electron chi connectivity index (χ4n) is 1.90. The lowest BCUT2D eigenvalue weighted by Crippen LogP contribution is -2.19. The highest BCUT2D eigenvalue weighted by Crippen LogP contribution is 2.12. The van der Waals surface area contributed by atoms with Gasteiger partial charge in [0.2, 0.25) is 0 Å². The van der Waals surface area contributed by atoms with Crippen LogP contribution in [0.4, 0.5) is 0 Å². The van der Waals surface area contributed by atoms with Crippen LogP contribution in [0.15, 0.2) is 6.33 Å². The summed E-state index contributed by atoms with van der Waals surface area (Å²) in [5.41, 5.74) is 3.78. The maximum Gasteiger partial charge on any atom is 0.115 e. The minimum Gasteiger partial charge on any atom is -0.316 e. The molecular formula is C13H23N3. The Bertz CT molecular complexity index is 288. The first-order valence-corrected chi connectivity index (χ1v) is 6.35. The summed E-state index contributed by atoms with van der Waals surface area (Å²) >= 11 is 0. The average molecular weight is 221 g/mol. The van der Waals surface area contributed by atoms with Crippen molar-refractivity contribution in [2.45, 2.75) is 46.5 Å². The molecule has 0 spiro atoms. The topological polar surface area (TPSA) is 37.8 Å². The average Bonchev–Trinajstić information content (AvgIpc) is 2.34. The maximum absolute atomic E-state index is 4.37. The first kappa shape index (κ1) is 13.1. The second-order valence-corrected chi connectivity index (χ2v) is 3.95. The van der Waals surface area contributed by atoms with Crippen molar-refractivity contribution >= 4 is 0 Å². The van der Waals surface area contributed by atoms with Crippen LogP contribution in [-0.2, 0) is 19.3 Å². The molecule has 0 atom stereocenters. The van der Waals surface area contributed by atoms with Crippen LogP contribution in [0.2, 0.25) is 0 Å². The van der Waals surface area contributed by atoms with Crippen LogP contribution in [0.3, 0.4) is 0 Å². The van der Waals surface area contributed by atoms with E-state index in [0.29, 0.717) is 0 Å². The predicted molar refractivity (Wildman–Crippen MR) is 67.7 cm³/mol. The largest absolute Gasteiger partial charge is 0.316 e. The molecular weight excluding hydrogens is 198 g/mol. The number of rotatable bonds is 7. The van der Waals surface area contributed by atoms with E-state index in [9.17, 15) is 0 Å². The summed E-state index contributed by atoms with van der Waals surface area (Å²) in [7, 11) is 0. The van der Waals surface area contributed by atoms with Gasteiger partial charge in [-0.1, -0.05) is 20.8 Å². The predicted octanol–water partition coefficient (Wildman–Crippen LogP) is 2.14. The Morgan fingerprint density at radius 2 is 1.62 bits per heavy atom. The molecule has 0 aromatic carbocycles.